The molecule has 0 fully saturated rings. The monoisotopic (exact) mass is 257 g/mol. The van der Waals surface area contributed by atoms with Crippen LogP contribution >= 0.6 is 0 Å². The van der Waals surface area contributed by atoms with E-state index in [9.17, 15) is 0 Å². The van der Waals surface area contributed by atoms with E-state index < -0.39 is 0 Å². The highest BCUT2D eigenvalue weighted by molar-refractivity contribution is 5.60. The van der Waals surface area contributed by atoms with Crippen molar-refractivity contribution in [3.63, 3.8) is 0 Å². The van der Waals surface area contributed by atoms with Crippen LogP contribution in [0.25, 0.3) is 11.1 Å². The van der Waals surface area contributed by atoms with Crippen molar-refractivity contribution < 1.29 is 0 Å². The Labute approximate surface area is 113 Å². The van der Waals surface area contributed by atoms with E-state index in [4.69, 9.17) is 5.73 Å². The van der Waals surface area contributed by atoms with E-state index in [-0.39, 0.29) is 5.41 Å². The number of rotatable bonds is 5. The summed E-state index contributed by atoms with van der Waals surface area (Å²) in [6.07, 6.45) is 7.13. The van der Waals surface area contributed by atoms with Crippen LogP contribution in [0, 0.1) is 5.41 Å². The summed E-state index contributed by atoms with van der Waals surface area (Å²) >= 11 is 0. The van der Waals surface area contributed by atoms with Gasteiger partial charge in [0.05, 0.1) is 0 Å². The van der Waals surface area contributed by atoms with Gasteiger partial charge in [0, 0.05) is 42.5 Å². The predicted molar refractivity (Wildman–Crippen MR) is 76.6 cm³/mol. The molecular formula is C14H19N5. The van der Waals surface area contributed by atoms with Crippen LogP contribution in [0.15, 0.2) is 36.9 Å². The molecule has 0 saturated heterocycles. The molecule has 3 N–H and O–H groups in total. The highest BCUT2D eigenvalue weighted by atomic mass is 15.1. The number of nitrogens with two attached hydrogens (primary N) is 1. The average molecular weight is 257 g/mol. The predicted octanol–water partition coefficient (Wildman–Crippen LogP) is 1.94. The molecule has 5 heteroatoms. The Morgan fingerprint density at radius 2 is 1.89 bits per heavy atom. The lowest BCUT2D eigenvalue weighted by Gasteiger charge is -2.22. The van der Waals surface area contributed by atoms with Crippen LogP contribution in [0.5, 0.6) is 0 Å². The summed E-state index contributed by atoms with van der Waals surface area (Å²) in [7, 11) is 0. The van der Waals surface area contributed by atoms with Crippen LogP contribution in [0.2, 0.25) is 0 Å². The first-order valence-corrected chi connectivity index (χ1v) is 6.27. The summed E-state index contributed by atoms with van der Waals surface area (Å²) in [4.78, 5) is 12.7. The number of hydrogen-bond donors (Lipinski definition) is 2. The maximum absolute atomic E-state index is 5.68. The Hall–Kier alpha value is -2.01. The number of hydrogen-bond acceptors (Lipinski definition) is 5. The van der Waals surface area contributed by atoms with E-state index in [1.807, 2.05) is 12.1 Å². The van der Waals surface area contributed by atoms with E-state index in [2.05, 4.69) is 34.1 Å². The Morgan fingerprint density at radius 3 is 2.47 bits per heavy atom. The zero-order valence-electron chi connectivity index (χ0n) is 11.3. The highest BCUT2D eigenvalue weighted by Gasteiger charge is 2.15. The lowest BCUT2D eigenvalue weighted by Crippen LogP contribution is -2.31. The molecule has 2 aromatic heterocycles. The van der Waals surface area contributed by atoms with E-state index in [1.165, 1.54) is 0 Å². The van der Waals surface area contributed by atoms with Gasteiger partial charge in [0.15, 0.2) is 0 Å². The van der Waals surface area contributed by atoms with Gasteiger partial charge in [-0.1, -0.05) is 19.9 Å². The Kier molecular flexibility index (Phi) is 4.06. The molecule has 0 spiro atoms. The first-order chi connectivity index (χ1) is 9.11. The van der Waals surface area contributed by atoms with E-state index in [0.717, 1.165) is 17.7 Å². The van der Waals surface area contributed by atoms with E-state index in [0.29, 0.717) is 12.5 Å². The fraction of sp³-hybridized carbons (Fsp3) is 0.357. The minimum atomic E-state index is 0.0331. The second-order valence-corrected chi connectivity index (χ2v) is 5.26. The number of aromatic nitrogens is 3. The third-order valence-corrected chi connectivity index (χ3v) is 2.92. The Bertz CT molecular complexity index is 507. The second kappa shape index (κ2) is 5.75. The molecular weight excluding hydrogens is 238 g/mol. The standard InChI is InChI=1S/C14H19N5/c1-14(2,9-15)10-19-13-17-7-12(8-18-13)11-4-3-5-16-6-11/h3-8H,9-10,15H2,1-2H3,(H,17,18,19). The molecule has 0 saturated carbocycles. The smallest absolute Gasteiger partial charge is 0.222 e. The first kappa shape index (κ1) is 13.4. The maximum Gasteiger partial charge on any atom is 0.222 e. The van der Waals surface area contributed by atoms with Crippen molar-refractivity contribution in [2.45, 2.75) is 13.8 Å². The van der Waals surface area contributed by atoms with Gasteiger partial charge in [-0.2, -0.15) is 0 Å². The van der Waals surface area contributed by atoms with Crippen molar-refractivity contribution in [1.29, 1.82) is 0 Å². The van der Waals surface area contributed by atoms with Gasteiger partial charge in [-0.15, -0.1) is 0 Å². The SMILES string of the molecule is CC(C)(CN)CNc1ncc(-c2cccnc2)cn1. The maximum atomic E-state index is 5.68. The first-order valence-electron chi connectivity index (χ1n) is 6.27. The van der Waals surface area contributed by atoms with Gasteiger partial charge in [-0.05, 0) is 18.0 Å². The summed E-state index contributed by atoms with van der Waals surface area (Å²) in [5.41, 5.74) is 7.68. The Balaban J connectivity index is 2.03. The molecule has 0 aliphatic heterocycles. The van der Waals surface area contributed by atoms with Crippen LogP contribution in [-0.4, -0.2) is 28.0 Å². The third kappa shape index (κ3) is 3.72. The summed E-state index contributed by atoms with van der Waals surface area (Å²) in [6, 6.07) is 3.88. The van der Waals surface area contributed by atoms with Crippen LogP contribution in [0.1, 0.15) is 13.8 Å². The average Bonchev–Trinajstić information content (AvgIpc) is 2.47. The summed E-state index contributed by atoms with van der Waals surface area (Å²) in [6.45, 7) is 5.57. The van der Waals surface area contributed by atoms with Gasteiger partial charge in [-0.25, -0.2) is 9.97 Å². The number of nitrogens with one attached hydrogen (secondary N) is 1. The summed E-state index contributed by atoms with van der Waals surface area (Å²) < 4.78 is 0. The molecule has 0 aromatic carbocycles. The largest absolute Gasteiger partial charge is 0.354 e. The summed E-state index contributed by atoms with van der Waals surface area (Å²) in [5.74, 6) is 0.620. The minimum absolute atomic E-state index is 0.0331. The quantitative estimate of drug-likeness (QED) is 0.856. The number of anilines is 1. The third-order valence-electron chi connectivity index (χ3n) is 2.92. The topological polar surface area (TPSA) is 76.7 Å². The van der Waals surface area contributed by atoms with E-state index >= 15 is 0 Å². The van der Waals surface area contributed by atoms with Gasteiger partial charge < -0.3 is 11.1 Å². The van der Waals surface area contributed by atoms with Gasteiger partial charge in [0.1, 0.15) is 0 Å². The Morgan fingerprint density at radius 1 is 1.16 bits per heavy atom. The molecule has 2 rings (SSSR count). The molecule has 0 unspecified atom stereocenters. The molecule has 100 valence electrons. The molecule has 0 aliphatic rings. The zero-order valence-corrected chi connectivity index (χ0v) is 11.3. The van der Waals surface area contributed by atoms with Crippen molar-refractivity contribution in [3.8, 4) is 11.1 Å². The number of nitrogens with zero attached hydrogens (tertiary/aromatic N) is 3. The molecule has 0 bridgehead atoms. The fourth-order valence-corrected chi connectivity index (χ4v) is 1.49. The fourth-order valence-electron chi connectivity index (χ4n) is 1.49. The molecule has 2 heterocycles. The van der Waals surface area contributed by atoms with E-state index in [1.54, 1.807) is 24.8 Å². The van der Waals surface area contributed by atoms with Crippen LogP contribution in [0.3, 0.4) is 0 Å². The van der Waals surface area contributed by atoms with Crippen molar-refractivity contribution in [1.82, 2.24) is 15.0 Å². The van der Waals surface area contributed by atoms with Crippen molar-refractivity contribution >= 4 is 5.95 Å². The van der Waals surface area contributed by atoms with Crippen LogP contribution in [-0.2, 0) is 0 Å². The van der Waals surface area contributed by atoms with Crippen LogP contribution < -0.4 is 11.1 Å². The zero-order chi connectivity index (χ0) is 13.7. The van der Waals surface area contributed by atoms with Gasteiger partial charge in [0.25, 0.3) is 0 Å². The van der Waals surface area contributed by atoms with Gasteiger partial charge in [0.2, 0.25) is 5.95 Å². The van der Waals surface area contributed by atoms with Crippen molar-refractivity contribution in [2.24, 2.45) is 11.1 Å². The normalized spacial score (nSPS) is 11.3. The lowest BCUT2D eigenvalue weighted by atomic mass is 9.94. The molecule has 0 radical (unpaired) electrons. The molecule has 0 amide bonds. The second-order valence-electron chi connectivity index (χ2n) is 5.26. The van der Waals surface area contributed by atoms with Crippen molar-refractivity contribution in [2.75, 3.05) is 18.4 Å². The lowest BCUT2D eigenvalue weighted by molar-refractivity contribution is 0.404. The molecule has 5 nitrogen and oxygen atoms in total. The highest BCUT2D eigenvalue weighted by Crippen LogP contribution is 2.17. The van der Waals surface area contributed by atoms with Gasteiger partial charge >= 0.3 is 0 Å². The molecule has 2 aromatic rings. The molecule has 0 aliphatic carbocycles. The number of pyridine rings is 1. The molecule has 0 atom stereocenters. The van der Waals surface area contributed by atoms with Gasteiger partial charge in [-0.3, -0.25) is 4.98 Å². The van der Waals surface area contributed by atoms with Crippen LogP contribution in [0.4, 0.5) is 5.95 Å². The minimum Gasteiger partial charge on any atom is -0.354 e. The van der Waals surface area contributed by atoms with Crippen molar-refractivity contribution in [3.05, 3.63) is 36.9 Å². The summed E-state index contributed by atoms with van der Waals surface area (Å²) in [5, 5.41) is 3.20. The molecule has 19 heavy (non-hydrogen) atoms.